The predicted molar refractivity (Wildman–Crippen MR) is 114 cm³/mol. The smallest absolute Gasteiger partial charge is 0.344 e. The molecule has 1 unspecified atom stereocenters. The lowest BCUT2D eigenvalue weighted by atomic mass is 9.90. The molecule has 0 radical (unpaired) electrons. The van der Waals surface area contributed by atoms with Crippen LogP contribution in [-0.4, -0.2) is 68.6 Å². The molecule has 2 aromatic carbocycles. The zero-order valence-electron chi connectivity index (χ0n) is 17.1. The molecule has 2 aliphatic heterocycles. The molecule has 1 saturated heterocycles. The lowest BCUT2D eigenvalue weighted by Gasteiger charge is -2.40. The van der Waals surface area contributed by atoms with Crippen molar-refractivity contribution in [2.75, 3.05) is 6.61 Å². The van der Waals surface area contributed by atoms with Gasteiger partial charge in [0.05, 0.1) is 6.61 Å². The predicted octanol–water partition coefficient (Wildman–Crippen LogP) is 1.22. The van der Waals surface area contributed by atoms with Crippen LogP contribution in [0.15, 0.2) is 36.4 Å². The van der Waals surface area contributed by atoms with Crippen LogP contribution in [0, 0.1) is 0 Å². The Morgan fingerprint density at radius 3 is 2.56 bits per heavy atom. The number of carboxylic acids is 1. The summed E-state index contributed by atoms with van der Waals surface area (Å²) in [6.45, 7) is -0.498. The third-order valence-electron chi connectivity index (χ3n) is 6.03. The zero-order chi connectivity index (χ0) is 23.0. The van der Waals surface area contributed by atoms with Crippen LogP contribution in [0.5, 0.6) is 5.75 Å². The number of carboxylic acid groups (broad SMARTS) is 1. The van der Waals surface area contributed by atoms with Crippen molar-refractivity contribution in [1.82, 2.24) is 0 Å². The van der Waals surface area contributed by atoms with E-state index < -0.39 is 49.2 Å². The second kappa shape index (κ2) is 9.35. The molecule has 5 N–H and O–H groups in total. The first-order valence-corrected chi connectivity index (χ1v) is 10.8. The molecule has 32 heavy (non-hydrogen) atoms. The van der Waals surface area contributed by atoms with Gasteiger partial charge < -0.3 is 35.0 Å². The minimum atomic E-state index is -1.46. The van der Waals surface area contributed by atoms with Gasteiger partial charge in [-0.05, 0) is 53.6 Å². The van der Waals surface area contributed by atoms with Gasteiger partial charge in [0, 0.05) is 5.02 Å². The molecule has 8 nitrogen and oxygen atoms in total. The second-order valence-corrected chi connectivity index (χ2v) is 8.61. The number of ether oxygens (including phenoxy) is 2. The first-order chi connectivity index (χ1) is 15.3. The van der Waals surface area contributed by atoms with Gasteiger partial charge >= 0.3 is 5.97 Å². The highest BCUT2D eigenvalue weighted by atomic mass is 35.5. The highest BCUT2D eigenvalue weighted by Crippen LogP contribution is 2.35. The van der Waals surface area contributed by atoms with Crippen LogP contribution >= 0.6 is 11.6 Å². The van der Waals surface area contributed by atoms with E-state index in [1.54, 1.807) is 24.3 Å². The van der Waals surface area contributed by atoms with Crippen molar-refractivity contribution < 1.29 is 39.8 Å². The van der Waals surface area contributed by atoms with Gasteiger partial charge in [-0.3, -0.25) is 0 Å². The Balaban J connectivity index is 1.56. The Morgan fingerprint density at radius 2 is 1.84 bits per heavy atom. The fraction of sp³-hybridized carbons (Fsp3) is 0.435. The van der Waals surface area contributed by atoms with Crippen LogP contribution in [0.4, 0.5) is 0 Å². The van der Waals surface area contributed by atoms with Crippen molar-refractivity contribution in [3.05, 3.63) is 63.7 Å². The van der Waals surface area contributed by atoms with Crippen molar-refractivity contribution in [1.29, 1.82) is 0 Å². The summed E-state index contributed by atoms with van der Waals surface area (Å²) in [5, 5.41) is 49.6. The van der Waals surface area contributed by atoms with E-state index >= 15 is 0 Å². The zero-order valence-corrected chi connectivity index (χ0v) is 17.9. The van der Waals surface area contributed by atoms with E-state index in [-0.39, 0.29) is 0 Å². The third-order valence-corrected chi connectivity index (χ3v) is 6.40. The molecule has 0 saturated carbocycles. The molecular formula is C23H25ClO8. The molecule has 0 amide bonds. The summed E-state index contributed by atoms with van der Waals surface area (Å²) < 4.78 is 11.2. The number of aliphatic hydroxyl groups excluding tert-OH is 4. The number of fused-ring (bicyclic) bond motifs is 1. The largest absolute Gasteiger partial charge is 0.479 e. The summed E-state index contributed by atoms with van der Waals surface area (Å²) in [5.74, 6) is -0.412. The summed E-state index contributed by atoms with van der Waals surface area (Å²) in [6, 6.07) is 10.7. The Labute approximate surface area is 189 Å². The number of halogens is 1. The summed E-state index contributed by atoms with van der Waals surface area (Å²) >= 11 is 6.40. The minimum absolute atomic E-state index is 0.402. The summed E-state index contributed by atoms with van der Waals surface area (Å²) in [5.41, 5.74) is 3.21. The SMILES string of the molecule is O=C(O)C1CCc2cc(Cc3cc([C@@H]4O[C@H](CO)[C@@H](O)[C@H](O)[C@H]4O)ccc3Cl)ccc2O1. The number of rotatable bonds is 5. The van der Waals surface area contributed by atoms with Crippen LogP contribution < -0.4 is 4.74 Å². The maximum atomic E-state index is 11.2. The number of hydrogen-bond acceptors (Lipinski definition) is 7. The minimum Gasteiger partial charge on any atom is -0.479 e. The molecule has 1 fully saturated rings. The summed E-state index contributed by atoms with van der Waals surface area (Å²) in [7, 11) is 0. The maximum Gasteiger partial charge on any atom is 0.344 e. The number of aryl methyl sites for hydroxylation is 1. The highest BCUT2D eigenvalue weighted by molar-refractivity contribution is 6.31. The molecule has 9 heteroatoms. The van der Waals surface area contributed by atoms with Crippen molar-refractivity contribution in [3.63, 3.8) is 0 Å². The van der Waals surface area contributed by atoms with E-state index in [1.807, 2.05) is 12.1 Å². The van der Waals surface area contributed by atoms with Crippen molar-refractivity contribution in [2.24, 2.45) is 0 Å². The monoisotopic (exact) mass is 464 g/mol. The average Bonchev–Trinajstić information content (AvgIpc) is 2.79. The average molecular weight is 465 g/mol. The van der Waals surface area contributed by atoms with Crippen molar-refractivity contribution in [3.8, 4) is 5.75 Å². The van der Waals surface area contributed by atoms with Crippen LogP contribution in [0.3, 0.4) is 0 Å². The molecule has 4 rings (SSSR count). The molecule has 2 aromatic rings. The first kappa shape index (κ1) is 23.0. The molecule has 0 aromatic heterocycles. The summed E-state index contributed by atoms with van der Waals surface area (Å²) in [4.78, 5) is 11.2. The van der Waals surface area contributed by atoms with E-state index in [9.17, 15) is 25.2 Å². The summed E-state index contributed by atoms with van der Waals surface area (Å²) in [6.07, 6.45) is -5.54. The molecular weight excluding hydrogens is 440 g/mol. The maximum absolute atomic E-state index is 11.2. The number of carbonyl (C=O) groups is 1. The van der Waals surface area contributed by atoms with E-state index in [4.69, 9.17) is 26.2 Å². The molecule has 172 valence electrons. The number of hydrogen-bond donors (Lipinski definition) is 5. The van der Waals surface area contributed by atoms with Crippen LogP contribution in [0.1, 0.15) is 34.8 Å². The topological polar surface area (TPSA) is 137 Å². The molecule has 0 spiro atoms. The molecule has 2 aliphatic rings. The quantitative estimate of drug-likeness (QED) is 0.445. The standard InChI is InChI=1S/C23H25ClO8/c24-15-4-2-13(22-21(28)20(27)19(26)18(10-25)32-22)9-14(15)8-11-1-5-16-12(7-11)3-6-17(31-16)23(29)30/h1-2,4-5,7,9,17-22,25-28H,3,6,8,10H2,(H,29,30)/t17?,18-,19-,20+,21-,22+/m1/s1. The Kier molecular flexibility index (Phi) is 6.71. The van der Waals surface area contributed by atoms with Crippen LogP contribution in [0.2, 0.25) is 5.02 Å². The molecule has 6 atom stereocenters. The Bertz CT molecular complexity index is 994. The molecule has 2 heterocycles. The van der Waals surface area contributed by atoms with Gasteiger partial charge in [0.15, 0.2) is 6.10 Å². The van der Waals surface area contributed by atoms with Gasteiger partial charge in [-0.1, -0.05) is 35.9 Å². The van der Waals surface area contributed by atoms with Crippen molar-refractivity contribution in [2.45, 2.75) is 55.9 Å². The molecule has 0 aliphatic carbocycles. The second-order valence-electron chi connectivity index (χ2n) is 8.20. The lowest BCUT2D eigenvalue weighted by molar-refractivity contribution is -0.231. The van der Waals surface area contributed by atoms with Gasteiger partial charge in [0.2, 0.25) is 0 Å². The highest BCUT2D eigenvalue weighted by Gasteiger charge is 2.44. The normalized spacial score (nSPS) is 29.8. The van der Waals surface area contributed by atoms with Crippen LogP contribution in [0.25, 0.3) is 0 Å². The first-order valence-electron chi connectivity index (χ1n) is 10.4. The van der Waals surface area contributed by atoms with E-state index in [0.29, 0.717) is 35.6 Å². The van der Waals surface area contributed by atoms with E-state index in [2.05, 4.69) is 0 Å². The van der Waals surface area contributed by atoms with Gasteiger partial charge in [0.1, 0.15) is 36.3 Å². The van der Waals surface area contributed by atoms with Gasteiger partial charge in [0.25, 0.3) is 0 Å². The van der Waals surface area contributed by atoms with E-state index in [0.717, 1.165) is 16.7 Å². The van der Waals surface area contributed by atoms with Gasteiger partial charge in [-0.2, -0.15) is 0 Å². The Morgan fingerprint density at radius 1 is 1.06 bits per heavy atom. The van der Waals surface area contributed by atoms with Crippen LogP contribution in [-0.2, 0) is 22.4 Å². The lowest BCUT2D eigenvalue weighted by Crippen LogP contribution is -2.55. The van der Waals surface area contributed by atoms with Crippen molar-refractivity contribution >= 4 is 17.6 Å². The number of aliphatic carboxylic acids is 1. The Hall–Kier alpha value is -2.20. The third kappa shape index (κ3) is 4.47. The van der Waals surface area contributed by atoms with Gasteiger partial charge in [-0.15, -0.1) is 0 Å². The van der Waals surface area contributed by atoms with Gasteiger partial charge in [-0.25, -0.2) is 4.79 Å². The fourth-order valence-corrected chi connectivity index (χ4v) is 4.41. The number of aliphatic hydroxyl groups is 4. The number of benzene rings is 2. The molecule has 0 bridgehead atoms. The van der Waals surface area contributed by atoms with E-state index in [1.165, 1.54) is 0 Å². The fourth-order valence-electron chi connectivity index (χ4n) is 4.23.